The summed E-state index contributed by atoms with van der Waals surface area (Å²) in [6.45, 7) is 4.65. The van der Waals surface area contributed by atoms with E-state index in [0.29, 0.717) is 6.04 Å². The second-order valence-electron chi connectivity index (χ2n) is 4.99. The highest BCUT2D eigenvalue weighted by Crippen LogP contribution is 2.20. The molecule has 2 heteroatoms. The number of hydrogen-bond acceptors (Lipinski definition) is 1. The lowest BCUT2D eigenvalue weighted by Gasteiger charge is -2.32. The number of halogens is 1. The Bertz CT molecular complexity index is 400. The second-order valence-corrected chi connectivity index (χ2v) is 6.16. The van der Waals surface area contributed by atoms with E-state index >= 15 is 0 Å². The van der Waals surface area contributed by atoms with Gasteiger partial charge in [-0.2, -0.15) is 0 Å². The van der Waals surface area contributed by atoms with Crippen LogP contribution < -0.4 is 0 Å². The quantitative estimate of drug-likeness (QED) is 0.563. The molecule has 1 aliphatic rings. The zero-order valence-electron chi connectivity index (χ0n) is 11.1. The molecule has 0 saturated carbocycles. The molecule has 0 aliphatic carbocycles. The van der Waals surface area contributed by atoms with Gasteiger partial charge in [-0.15, -0.1) is 0 Å². The van der Waals surface area contributed by atoms with Crippen LogP contribution in [0, 0.1) is 3.57 Å². The molecule has 0 aromatic heterocycles. The van der Waals surface area contributed by atoms with Crippen LogP contribution >= 0.6 is 22.6 Å². The van der Waals surface area contributed by atoms with E-state index in [1.807, 2.05) is 0 Å². The average Bonchev–Trinajstić information content (AvgIpc) is 2.42. The number of benzene rings is 1. The normalized spacial score (nSPS) is 17.9. The number of nitrogens with zero attached hydrogens (tertiary/aromatic N) is 1. The molecular formula is C16H22IN. The predicted octanol–water partition coefficient (Wildman–Crippen LogP) is 4.26. The van der Waals surface area contributed by atoms with Crippen LogP contribution in [0.2, 0.25) is 0 Å². The maximum absolute atomic E-state index is 2.65. The van der Waals surface area contributed by atoms with Gasteiger partial charge >= 0.3 is 0 Å². The molecule has 18 heavy (non-hydrogen) atoms. The van der Waals surface area contributed by atoms with Gasteiger partial charge in [0, 0.05) is 22.7 Å². The minimum atomic E-state index is 0.705. The smallest absolute Gasteiger partial charge is 0.0166 e. The van der Waals surface area contributed by atoms with Gasteiger partial charge in [-0.1, -0.05) is 43.7 Å². The second kappa shape index (κ2) is 7.29. The van der Waals surface area contributed by atoms with Crippen LogP contribution in [0.4, 0.5) is 0 Å². The molecule has 0 radical (unpaired) electrons. The fraction of sp³-hybridized carbons (Fsp3) is 0.500. The Morgan fingerprint density at radius 2 is 2.11 bits per heavy atom. The molecule has 1 atom stereocenters. The summed E-state index contributed by atoms with van der Waals surface area (Å²) in [5, 5.41) is 0. The van der Waals surface area contributed by atoms with E-state index in [1.54, 1.807) is 0 Å². The summed E-state index contributed by atoms with van der Waals surface area (Å²) in [4.78, 5) is 2.65. The minimum Gasteiger partial charge on any atom is -0.296 e. The maximum atomic E-state index is 2.65. The molecule has 1 unspecified atom stereocenters. The summed E-state index contributed by atoms with van der Waals surface area (Å²) in [6, 6.07) is 9.50. The van der Waals surface area contributed by atoms with Crippen LogP contribution in [0.3, 0.4) is 0 Å². The van der Waals surface area contributed by atoms with Crippen molar-refractivity contribution in [2.45, 2.75) is 38.6 Å². The highest BCUT2D eigenvalue weighted by Gasteiger charge is 2.19. The van der Waals surface area contributed by atoms with Crippen LogP contribution in [0.1, 0.15) is 31.7 Å². The van der Waals surface area contributed by atoms with E-state index in [0.717, 1.165) is 6.54 Å². The Balaban J connectivity index is 2.06. The van der Waals surface area contributed by atoms with Gasteiger partial charge in [0.25, 0.3) is 0 Å². The van der Waals surface area contributed by atoms with Crippen molar-refractivity contribution >= 4 is 22.6 Å². The van der Waals surface area contributed by atoms with Gasteiger partial charge in [0.2, 0.25) is 0 Å². The van der Waals surface area contributed by atoms with Crippen LogP contribution in [0.25, 0.3) is 0 Å². The molecule has 2 rings (SSSR count). The molecule has 1 nitrogen and oxygen atoms in total. The fourth-order valence-corrected chi connectivity index (χ4v) is 3.26. The van der Waals surface area contributed by atoms with Crippen molar-refractivity contribution in [1.29, 1.82) is 0 Å². The standard InChI is InChI=1S/C16H22IN/c1-2-8-15(18-11-6-3-7-12-18)13-14-9-4-5-10-16(14)17/h3-6,9-10,15H,2,7-8,11-13H2,1H3. The summed E-state index contributed by atoms with van der Waals surface area (Å²) in [5.41, 5.74) is 1.51. The Labute approximate surface area is 124 Å². The molecule has 1 aromatic rings. The maximum Gasteiger partial charge on any atom is 0.0166 e. The van der Waals surface area contributed by atoms with Crippen LogP contribution in [0.5, 0.6) is 0 Å². The van der Waals surface area contributed by atoms with Crippen molar-refractivity contribution in [3.8, 4) is 0 Å². The molecule has 0 amide bonds. The fourth-order valence-electron chi connectivity index (χ4n) is 2.66. The molecule has 1 aliphatic heterocycles. The topological polar surface area (TPSA) is 3.24 Å². The first-order chi connectivity index (χ1) is 8.81. The van der Waals surface area contributed by atoms with Gasteiger partial charge in [0.05, 0.1) is 0 Å². The molecule has 1 aromatic carbocycles. The molecule has 0 bridgehead atoms. The first kappa shape index (κ1) is 14.1. The Hall–Kier alpha value is -0.350. The van der Waals surface area contributed by atoms with Gasteiger partial charge in [0.1, 0.15) is 0 Å². The predicted molar refractivity (Wildman–Crippen MR) is 86.9 cm³/mol. The minimum absolute atomic E-state index is 0.705. The highest BCUT2D eigenvalue weighted by atomic mass is 127. The Morgan fingerprint density at radius 1 is 1.28 bits per heavy atom. The highest BCUT2D eigenvalue weighted by molar-refractivity contribution is 14.1. The van der Waals surface area contributed by atoms with Crippen molar-refractivity contribution < 1.29 is 0 Å². The monoisotopic (exact) mass is 355 g/mol. The molecule has 0 spiro atoms. The van der Waals surface area contributed by atoms with Crippen LogP contribution in [-0.2, 0) is 6.42 Å². The van der Waals surface area contributed by atoms with E-state index in [4.69, 9.17) is 0 Å². The molecular weight excluding hydrogens is 333 g/mol. The summed E-state index contributed by atoms with van der Waals surface area (Å²) in [7, 11) is 0. The van der Waals surface area contributed by atoms with Gasteiger partial charge in [-0.25, -0.2) is 0 Å². The van der Waals surface area contributed by atoms with Crippen molar-refractivity contribution in [2.75, 3.05) is 13.1 Å². The summed E-state index contributed by atoms with van der Waals surface area (Å²) < 4.78 is 1.41. The van der Waals surface area contributed by atoms with Gasteiger partial charge < -0.3 is 0 Å². The molecule has 0 fully saturated rings. The number of hydrogen-bond donors (Lipinski definition) is 0. The van der Waals surface area contributed by atoms with Gasteiger partial charge in [-0.3, -0.25) is 4.90 Å². The first-order valence-electron chi connectivity index (χ1n) is 6.93. The number of rotatable bonds is 5. The third-order valence-corrected chi connectivity index (χ3v) is 4.69. The lowest BCUT2D eigenvalue weighted by atomic mass is 9.99. The first-order valence-corrected chi connectivity index (χ1v) is 8.01. The van der Waals surface area contributed by atoms with Crippen LogP contribution in [0.15, 0.2) is 36.4 Å². The van der Waals surface area contributed by atoms with E-state index in [-0.39, 0.29) is 0 Å². The summed E-state index contributed by atoms with van der Waals surface area (Å²) >= 11 is 2.46. The zero-order valence-corrected chi connectivity index (χ0v) is 13.3. The van der Waals surface area contributed by atoms with E-state index < -0.39 is 0 Å². The summed E-state index contributed by atoms with van der Waals surface area (Å²) in [6.07, 6.45) is 9.62. The third kappa shape index (κ3) is 3.82. The lowest BCUT2D eigenvalue weighted by molar-refractivity contribution is 0.200. The zero-order chi connectivity index (χ0) is 12.8. The van der Waals surface area contributed by atoms with Crippen LogP contribution in [-0.4, -0.2) is 24.0 Å². The van der Waals surface area contributed by atoms with Crippen molar-refractivity contribution in [1.82, 2.24) is 4.90 Å². The molecule has 1 heterocycles. The largest absolute Gasteiger partial charge is 0.296 e. The van der Waals surface area contributed by atoms with Gasteiger partial charge in [-0.05, 0) is 53.5 Å². The Kier molecular flexibility index (Phi) is 5.70. The van der Waals surface area contributed by atoms with E-state index in [9.17, 15) is 0 Å². The molecule has 98 valence electrons. The average molecular weight is 355 g/mol. The van der Waals surface area contributed by atoms with E-state index in [2.05, 4.69) is 70.8 Å². The Morgan fingerprint density at radius 3 is 2.78 bits per heavy atom. The SMILES string of the molecule is CCCC(Cc1ccccc1I)N1CC=CCC1. The molecule has 0 saturated heterocycles. The third-order valence-electron chi connectivity index (χ3n) is 3.64. The summed E-state index contributed by atoms with van der Waals surface area (Å²) in [5.74, 6) is 0. The van der Waals surface area contributed by atoms with Gasteiger partial charge in [0.15, 0.2) is 0 Å². The van der Waals surface area contributed by atoms with Crippen molar-refractivity contribution in [2.24, 2.45) is 0 Å². The lowest BCUT2D eigenvalue weighted by Crippen LogP contribution is -2.39. The van der Waals surface area contributed by atoms with Crippen molar-refractivity contribution in [3.05, 3.63) is 45.6 Å². The molecule has 0 N–H and O–H groups in total. The van der Waals surface area contributed by atoms with E-state index in [1.165, 1.54) is 41.4 Å². The van der Waals surface area contributed by atoms with Crippen molar-refractivity contribution in [3.63, 3.8) is 0 Å².